The lowest BCUT2D eigenvalue weighted by molar-refractivity contribution is 0.0977. The van der Waals surface area contributed by atoms with E-state index in [1.165, 1.54) is 12.8 Å². The number of hydrogen-bond donors (Lipinski definition) is 1. The second-order valence-electron chi connectivity index (χ2n) is 4.32. The van der Waals surface area contributed by atoms with E-state index in [-0.39, 0.29) is 5.78 Å². The molecule has 82 valence electrons. The normalized spacial score (nSPS) is 15.6. The molecule has 0 spiro atoms. The molecule has 3 rings (SSSR count). The number of carbonyl (C=O) groups is 1. The van der Waals surface area contributed by atoms with Crippen LogP contribution in [-0.2, 0) is 0 Å². The molecule has 16 heavy (non-hydrogen) atoms. The lowest BCUT2D eigenvalue weighted by Gasteiger charge is -1.97. The van der Waals surface area contributed by atoms with Crippen LogP contribution in [0, 0.1) is 5.92 Å². The Labute approximate surface area is 101 Å². The molecule has 3 nitrogen and oxygen atoms in total. The summed E-state index contributed by atoms with van der Waals surface area (Å²) in [7, 11) is 0. The van der Waals surface area contributed by atoms with Crippen molar-refractivity contribution in [1.29, 1.82) is 0 Å². The van der Waals surface area contributed by atoms with Crippen molar-refractivity contribution in [3.05, 3.63) is 28.5 Å². The number of hydrogen-bond acceptors (Lipinski definition) is 2. The molecule has 0 saturated heterocycles. The molecule has 0 atom stereocenters. The second kappa shape index (κ2) is 3.70. The fourth-order valence-corrected chi connectivity index (χ4v) is 2.23. The highest BCUT2D eigenvalue weighted by atomic mass is 79.9. The van der Waals surface area contributed by atoms with Crippen LogP contribution in [0.25, 0.3) is 11.0 Å². The lowest BCUT2D eigenvalue weighted by Crippen LogP contribution is -1.98. The van der Waals surface area contributed by atoms with E-state index < -0.39 is 0 Å². The molecular formula is C12H11BrN2O. The zero-order chi connectivity index (χ0) is 11.1. The Balaban J connectivity index is 2.01. The molecule has 2 aromatic rings. The van der Waals surface area contributed by atoms with Crippen molar-refractivity contribution < 1.29 is 4.79 Å². The van der Waals surface area contributed by atoms with E-state index in [2.05, 4.69) is 25.9 Å². The standard InChI is InChI=1S/C12H11BrN2O/c13-8-4-9-10(6-15-12(9)14-5-8)11(16)3-7-1-2-7/h4-7H,1-3H2,(H,14,15). The average Bonchev–Trinajstić information content (AvgIpc) is 2.96. The Hall–Kier alpha value is -1.16. The molecule has 0 unspecified atom stereocenters. The molecule has 0 radical (unpaired) electrons. The highest BCUT2D eigenvalue weighted by Crippen LogP contribution is 2.34. The van der Waals surface area contributed by atoms with E-state index >= 15 is 0 Å². The quantitative estimate of drug-likeness (QED) is 0.876. The van der Waals surface area contributed by atoms with Gasteiger partial charge in [0, 0.05) is 34.2 Å². The topological polar surface area (TPSA) is 45.8 Å². The average molecular weight is 279 g/mol. The zero-order valence-electron chi connectivity index (χ0n) is 8.66. The maximum atomic E-state index is 12.0. The van der Waals surface area contributed by atoms with Crippen LogP contribution >= 0.6 is 15.9 Å². The Morgan fingerprint density at radius 3 is 3.12 bits per heavy atom. The van der Waals surface area contributed by atoms with E-state index in [0.717, 1.165) is 21.1 Å². The Morgan fingerprint density at radius 1 is 1.56 bits per heavy atom. The number of aromatic amines is 1. The van der Waals surface area contributed by atoms with Crippen molar-refractivity contribution >= 4 is 32.7 Å². The van der Waals surface area contributed by atoms with Gasteiger partial charge >= 0.3 is 0 Å². The Morgan fingerprint density at radius 2 is 2.38 bits per heavy atom. The van der Waals surface area contributed by atoms with E-state index in [9.17, 15) is 4.79 Å². The molecule has 1 fully saturated rings. The third kappa shape index (κ3) is 1.78. The van der Waals surface area contributed by atoms with Crippen LogP contribution in [-0.4, -0.2) is 15.8 Å². The predicted octanol–water partition coefficient (Wildman–Crippen LogP) is 3.31. The van der Waals surface area contributed by atoms with Gasteiger partial charge in [-0.15, -0.1) is 0 Å². The van der Waals surface area contributed by atoms with Crippen LogP contribution in [0.15, 0.2) is 22.9 Å². The van der Waals surface area contributed by atoms with E-state index in [1.54, 1.807) is 12.4 Å². The van der Waals surface area contributed by atoms with Crippen LogP contribution in [0.4, 0.5) is 0 Å². The van der Waals surface area contributed by atoms with Gasteiger partial charge in [0.1, 0.15) is 5.65 Å². The van der Waals surface area contributed by atoms with Gasteiger partial charge in [-0.05, 0) is 40.8 Å². The SMILES string of the molecule is O=C(CC1CC1)c1c[nH]c2ncc(Br)cc12. The minimum atomic E-state index is 0.230. The molecule has 1 saturated carbocycles. The summed E-state index contributed by atoms with van der Waals surface area (Å²) in [5, 5.41) is 0.917. The third-order valence-corrected chi connectivity index (χ3v) is 3.40. The van der Waals surface area contributed by atoms with Crippen molar-refractivity contribution in [3.8, 4) is 0 Å². The van der Waals surface area contributed by atoms with Gasteiger partial charge in [0.15, 0.2) is 5.78 Å². The minimum absolute atomic E-state index is 0.230. The van der Waals surface area contributed by atoms with Gasteiger partial charge in [-0.1, -0.05) is 0 Å². The summed E-state index contributed by atoms with van der Waals surface area (Å²) in [6.45, 7) is 0. The van der Waals surface area contributed by atoms with Crippen molar-refractivity contribution in [3.63, 3.8) is 0 Å². The van der Waals surface area contributed by atoms with E-state index in [0.29, 0.717) is 12.3 Å². The van der Waals surface area contributed by atoms with Crippen molar-refractivity contribution in [1.82, 2.24) is 9.97 Å². The molecule has 1 aliphatic carbocycles. The fraction of sp³-hybridized carbons (Fsp3) is 0.333. The number of Topliss-reactive ketones (excluding diaryl/α,β-unsaturated/α-hetero) is 1. The van der Waals surface area contributed by atoms with Crippen LogP contribution in [0.2, 0.25) is 0 Å². The molecule has 0 aliphatic heterocycles. The summed E-state index contributed by atoms with van der Waals surface area (Å²) < 4.78 is 0.903. The third-order valence-electron chi connectivity index (χ3n) is 2.97. The predicted molar refractivity (Wildman–Crippen MR) is 65.5 cm³/mol. The lowest BCUT2D eigenvalue weighted by atomic mass is 10.1. The van der Waals surface area contributed by atoms with E-state index in [1.807, 2.05) is 6.07 Å². The molecule has 2 heterocycles. The molecule has 0 aromatic carbocycles. The van der Waals surface area contributed by atoms with Gasteiger partial charge in [0.05, 0.1) is 0 Å². The van der Waals surface area contributed by atoms with Gasteiger partial charge in [-0.2, -0.15) is 0 Å². The minimum Gasteiger partial charge on any atom is -0.345 e. The number of nitrogens with one attached hydrogen (secondary N) is 1. The number of aromatic nitrogens is 2. The van der Waals surface area contributed by atoms with Crippen molar-refractivity contribution in [2.24, 2.45) is 5.92 Å². The number of fused-ring (bicyclic) bond motifs is 1. The van der Waals surface area contributed by atoms with Gasteiger partial charge in [-0.3, -0.25) is 4.79 Å². The number of rotatable bonds is 3. The summed E-state index contributed by atoms with van der Waals surface area (Å²) in [6.07, 6.45) is 6.59. The van der Waals surface area contributed by atoms with Gasteiger partial charge in [0.25, 0.3) is 0 Å². The number of H-pyrrole nitrogens is 1. The maximum Gasteiger partial charge on any atom is 0.165 e. The first-order valence-electron chi connectivity index (χ1n) is 5.40. The van der Waals surface area contributed by atoms with Crippen LogP contribution < -0.4 is 0 Å². The molecule has 1 aliphatic rings. The molecule has 0 amide bonds. The highest BCUT2D eigenvalue weighted by Gasteiger charge is 2.26. The fourth-order valence-electron chi connectivity index (χ4n) is 1.90. The summed E-state index contributed by atoms with van der Waals surface area (Å²) in [6, 6.07) is 1.94. The van der Waals surface area contributed by atoms with Crippen LogP contribution in [0.5, 0.6) is 0 Å². The van der Waals surface area contributed by atoms with Gasteiger partial charge in [-0.25, -0.2) is 4.98 Å². The molecular weight excluding hydrogens is 268 g/mol. The first-order valence-corrected chi connectivity index (χ1v) is 6.19. The second-order valence-corrected chi connectivity index (χ2v) is 5.24. The molecule has 4 heteroatoms. The maximum absolute atomic E-state index is 12.0. The highest BCUT2D eigenvalue weighted by molar-refractivity contribution is 9.10. The molecule has 2 aromatic heterocycles. The summed E-state index contributed by atoms with van der Waals surface area (Å²) in [4.78, 5) is 19.3. The summed E-state index contributed by atoms with van der Waals surface area (Å²) in [5.41, 5.74) is 1.55. The monoisotopic (exact) mass is 278 g/mol. The van der Waals surface area contributed by atoms with Crippen LogP contribution in [0.1, 0.15) is 29.6 Å². The molecule has 1 N–H and O–H groups in total. The number of ketones is 1. The zero-order valence-corrected chi connectivity index (χ0v) is 10.3. The number of pyridine rings is 1. The van der Waals surface area contributed by atoms with Crippen molar-refractivity contribution in [2.75, 3.05) is 0 Å². The number of carbonyl (C=O) groups excluding carboxylic acids is 1. The largest absolute Gasteiger partial charge is 0.345 e. The van der Waals surface area contributed by atoms with Crippen molar-refractivity contribution in [2.45, 2.75) is 19.3 Å². The summed E-state index contributed by atoms with van der Waals surface area (Å²) in [5.74, 6) is 0.853. The van der Waals surface area contributed by atoms with Gasteiger partial charge < -0.3 is 4.98 Å². The van der Waals surface area contributed by atoms with Gasteiger partial charge in [0.2, 0.25) is 0 Å². The first kappa shape index (κ1) is 10.0. The number of nitrogens with zero attached hydrogens (tertiary/aromatic N) is 1. The molecule has 0 bridgehead atoms. The summed E-state index contributed by atoms with van der Waals surface area (Å²) >= 11 is 3.38. The number of halogens is 1. The smallest absolute Gasteiger partial charge is 0.165 e. The Kier molecular flexibility index (Phi) is 2.32. The van der Waals surface area contributed by atoms with E-state index in [4.69, 9.17) is 0 Å². The Bertz CT molecular complexity index is 557. The van der Waals surface area contributed by atoms with Crippen LogP contribution in [0.3, 0.4) is 0 Å². The first-order chi connectivity index (χ1) is 7.74.